The summed E-state index contributed by atoms with van der Waals surface area (Å²) < 4.78 is 0. The highest BCUT2D eigenvalue weighted by Gasteiger charge is 2.11. The first-order valence-corrected chi connectivity index (χ1v) is 7.36. The summed E-state index contributed by atoms with van der Waals surface area (Å²) in [7, 11) is 4.09. The number of carboxylic acid groups (broad SMARTS) is 1. The van der Waals surface area contributed by atoms with Crippen LogP contribution in [0.1, 0.15) is 30.4 Å². The Bertz CT molecular complexity index is 653. The van der Waals surface area contributed by atoms with Gasteiger partial charge in [0.25, 0.3) is 0 Å². The number of carbonyl (C=O) groups is 1. The van der Waals surface area contributed by atoms with E-state index in [-0.39, 0.29) is 12.3 Å². The Morgan fingerprint density at radius 2 is 2.00 bits per heavy atom. The van der Waals surface area contributed by atoms with Gasteiger partial charge in [-0.1, -0.05) is 25.1 Å². The van der Waals surface area contributed by atoms with Crippen LogP contribution in [0, 0.1) is 0 Å². The van der Waals surface area contributed by atoms with E-state index < -0.39 is 5.97 Å². The molecule has 4 heteroatoms. The molecule has 1 atom stereocenters. The summed E-state index contributed by atoms with van der Waals surface area (Å²) >= 11 is 0. The third-order valence-electron chi connectivity index (χ3n) is 3.57. The molecule has 2 aromatic rings. The van der Waals surface area contributed by atoms with Crippen LogP contribution in [0.3, 0.4) is 0 Å². The van der Waals surface area contributed by atoms with Crippen LogP contribution in [0.5, 0.6) is 0 Å². The molecule has 1 aromatic heterocycles. The van der Waals surface area contributed by atoms with Gasteiger partial charge in [-0.2, -0.15) is 0 Å². The predicted octanol–water partition coefficient (Wildman–Crippen LogP) is 3.39. The quantitative estimate of drug-likeness (QED) is 0.888. The minimum absolute atomic E-state index is 0.0464. The van der Waals surface area contributed by atoms with Gasteiger partial charge in [0.05, 0.1) is 6.42 Å². The molecule has 0 aliphatic rings. The highest BCUT2D eigenvalue weighted by atomic mass is 16.4. The predicted molar refractivity (Wildman–Crippen MR) is 87.7 cm³/mol. The summed E-state index contributed by atoms with van der Waals surface area (Å²) in [5.41, 5.74) is 4.33. The van der Waals surface area contributed by atoms with Crippen molar-refractivity contribution in [3.63, 3.8) is 0 Å². The van der Waals surface area contributed by atoms with Crippen LogP contribution < -0.4 is 0 Å². The van der Waals surface area contributed by atoms with E-state index in [1.54, 1.807) is 6.20 Å². The second-order valence-corrected chi connectivity index (χ2v) is 5.94. The second kappa shape index (κ2) is 7.18. The van der Waals surface area contributed by atoms with Crippen LogP contribution in [-0.4, -0.2) is 35.1 Å². The van der Waals surface area contributed by atoms with E-state index in [0.717, 1.165) is 23.2 Å². The highest BCUT2D eigenvalue weighted by molar-refractivity contribution is 5.68. The number of hydrogen-bond acceptors (Lipinski definition) is 3. The van der Waals surface area contributed by atoms with Crippen molar-refractivity contribution in [2.75, 3.05) is 14.1 Å². The lowest BCUT2D eigenvalue weighted by Gasteiger charge is -2.13. The average molecular weight is 298 g/mol. The standard InChI is InChI=1S/C18H22N2O2/c1-13(7-18(21)22)16-9-17(11-19-10-16)15-6-4-5-14(8-15)12-20(2)3/h4-6,8-11,13H,7,12H2,1-3H3,(H,21,22). The molecular weight excluding hydrogens is 276 g/mol. The van der Waals surface area contributed by atoms with Gasteiger partial charge in [0, 0.05) is 24.5 Å². The van der Waals surface area contributed by atoms with Crippen LogP contribution in [0.2, 0.25) is 0 Å². The number of aliphatic carboxylic acids is 1. The summed E-state index contributed by atoms with van der Waals surface area (Å²) in [6, 6.07) is 10.4. The molecule has 0 aliphatic heterocycles. The van der Waals surface area contributed by atoms with Crippen molar-refractivity contribution < 1.29 is 9.90 Å². The number of rotatable bonds is 6. The summed E-state index contributed by atoms with van der Waals surface area (Å²) in [6.07, 6.45) is 3.69. The summed E-state index contributed by atoms with van der Waals surface area (Å²) in [5, 5.41) is 8.93. The first-order valence-electron chi connectivity index (χ1n) is 7.36. The van der Waals surface area contributed by atoms with E-state index in [9.17, 15) is 4.79 Å². The molecule has 0 saturated carbocycles. The molecule has 0 amide bonds. The number of hydrogen-bond donors (Lipinski definition) is 1. The summed E-state index contributed by atoms with van der Waals surface area (Å²) in [4.78, 5) is 17.3. The second-order valence-electron chi connectivity index (χ2n) is 5.94. The molecule has 0 spiro atoms. The molecule has 1 unspecified atom stereocenters. The van der Waals surface area contributed by atoms with Crippen LogP contribution in [0.25, 0.3) is 11.1 Å². The van der Waals surface area contributed by atoms with Crippen LogP contribution in [0.4, 0.5) is 0 Å². The minimum atomic E-state index is -0.786. The molecule has 22 heavy (non-hydrogen) atoms. The Labute approximate surface area is 131 Å². The zero-order chi connectivity index (χ0) is 16.1. The van der Waals surface area contributed by atoms with Crippen LogP contribution in [-0.2, 0) is 11.3 Å². The Balaban J connectivity index is 2.27. The van der Waals surface area contributed by atoms with E-state index in [1.165, 1.54) is 5.56 Å². The van der Waals surface area contributed by atoms with Crippen LogP contribution >= 0.6 is 0 Å². The van der Waals surface area contributed by atoms with Crippen LogP contribution in [0.15, 0.2) is 42.7 Å². The van der Waals surface area contributed by atoms with Gasteiger partial charge in [0.2, 0.25) is 0 Å². The topological polar surface area (TPSA) is 53.4 Å². The van der Waals surface area contributed by atoms with Gasteiger partial charge < -0.3 is 10.0 Å². The number of aromatic nitrogens is 1. The Hall–Kier alpha value is -2.20. The molecule has 0 radical (unpaired) electrons. The van der Waals surface area contributed by atoms with Gasteiger partial charge in [0.1, 0.15) is 0 Å². The van der Waals surface area contributed by atoms with E-state index >= 15 is 0 Å². The molecule has 0 aliphatic carbocycles. The van der Waals surface area contributed by atoms with E-state index in [2.05, 4.69) is 28.1 Å². The molecule has 1 N–H and O–H groups in total. The molecule has 1 heterocycles. The third-order valence-corrected chi connectivity index (χ3v) is 3.57. The zero-order valence-electron chi connectivity index (χ0n) is 13.3. The van der Waals surface area contributed by atoms with Gasteiger partial charge in [-0.25, -0.2) is 0 Å². The Kier molecular flexibility index (Phi) is 5.28. The first kappa shape index (κ1) is 16.2. The lowest BCUT2D eigenvalue weighted by atomic mass is 9.96. The maximum Gasteiger partial charge on any atom is 0.303 e. The molecule has 0 fully saturated rings. The van der Waals surface area contributed by atoms with Gasteiger partial charge >= 0.3 is 5.97 Å². The fraction of sp³-hybridized carbons (Fsp3) is 0.333. The normalized spacial score (nSPS) is 12.4. The number of carboxylic acids is 1. The van der Waals surface area contributed by atoms with Crippen molar-refractivity contribution in [2.45, 2.75) is 25.8 Å². The number of nitrogens with zero attached hydrogens (tertiary/aromatic N) is 2. The summed E-state index contributed by atoms with van der Waals surface area (Å²) in [5.74, 6) is -0.833. The molecule has 0 saturated heterocycles. The molecule has 2 rings (SSSR count). The fourth-order valence-corrected chi connectivity index (χ4v) is 2.48. The number of pyridine rings is 1. The van der Waals surface area contributed by atoms with E-state index in [0.29, 0.717) is 0 Å². The third kappa shape index (κ3) is 4.40. The average Bonchev–Trinajstić information content (AvgIpc) is 2.46. The molecular formula is C18H22N2O2. The fourth-order valence-electron chi connectivity index (χ4n) is 2.48. The van der Waals surface area contributed by atoms with E-state index in [4.69, 9.17) is 5.11 Å². The Morgan fingerprint density at radius 3 is 2.68 bits per heavy atom. The molecule has 0 bridgehead atoms. The molecule has 4 nitrogen and oxygen atoms in total. The van der Waals surface area contributed by atoms with E-state index in [1.807, 2.05) is 39.3 Å². The van der Waals surface area contributed by atoms with Crippen molar-refractivity contribution in [1.82, 2.24) is 9.88 Å². The Morgan fingerprint density at radius 1 is 1.23 bits per heavy atom. The first-order chi connectivity index (χ1) is 10.5. The minimum Gasteiger partial charge on any atom is -0.481 e. The summed E-state index contributed by atoms with van der Waals surface area (Å²) in [6.45, 7) is 2.80. The smallest absolute Gasteiger partial charge is 0.303 e. The zero-order valence-corrected chi connectivity index (χ0v) is 13.3. The van der Waals surface area contributed by atoms with Crippen molar-refractivity contribution in [3.05, 3.63) is 53.9 Å². The number of benzene rings is 1. The lowest BCUT2D eigenvalue weighted by Crippen LogP contribution is -2.10. The van der Waals surface area contributed by atoms with Crippen molar-refractivity contribution in [3.8, 4) is 11.1 Å². The molecule has 1 aromatic carbocycles. The van der Waals surface area contributed by atoms with Crippen molar-refractivity contribution in [1.29, 1.82) is 0 Å². The maximum absolute atomic E-state index is 10.9. The van der Waals surface area contributed by atoms with Gasteiger partial charge in [-0.3, -0.25) is 9.78 Å². The molecule has 116 valence electrons. The van der Waals surface area contributed by atoms with Gasteiger partial charge in [-0.15, -0.1) is 0 Å². The monoisotopic (exact) mass is 298 g/mol. The van der Waals surface area contributed by atoms with Gasteiger partial charge in [0.15, 0.2) is 0 Å². The van der Waals surface area contributed by atoms with Gasteiger partial charge in [-0.05, 0) is 48.8 Å². The largest absolute Gasteiger partial charge is 0.481 e. The SMILES string of the molecule is CC(CC(=O)O)c1cncc(-c2cccc(CN(C)C)c2)c1. The lowest BCUT2D eigenvalue weighted by molar-refractivity contribution is -0.137. The highest BCUT2D eigenvalue weighted by Crippen LogP contribution is 2.25. The maximum atomic E-state index is 10.9. The van der Waals surface area contributed by atoms with Crippen molar-refractivity contribution in [2.24, 2.45) is 0 Å². The van der Waals surface area contributed by atoms with Crippen molar-refractivity contribution >= 4 is 5.97 Å².